The molecule has 0 saturated carbocycles. The Hall–Kier alpha value is -1.28. The Balaban J connectivity index is 3.00. The van der Waals surface area contributed by atoms with Crippen molar-refractivity contribution in [2.24, 2.45) is 0 Å². The van der Waals surface area contributed by atoms with Crippen molar-refractivity contribution in [3.63, 3.8) is 0 Å². The molecule has 14 heavy (non-hydrogen) atoms. The maximum Gasteiger partial charge on any atom is 0.0642 e. The van der Waals surface area contributed by atoms with Crippen molar-refractivity contribution < 1.29 is 5.11 Å². The maximum atomic E-state index is 8.88. The molecule has 0 saturated heterocycles. The first-order valence-electron chi connectivity index (χ1n) is 4.83. The summed E-state index contributed by atoms with van der Waals surface area (Å²) in [6.07, 6.45) is 2.90. The molecular formula is C12H17NO. The smallest absolute Gasteiger partial charge is 0.0642 e. The standard InChI is InChI=1S/C12H17NO/c1-3-10-4-5-11(12(13)7-10)6-9(2)8-14/h4-7,14H,3,8,13H2,1-2H3/b9-6+. The quantitative estimate of drug-likeness (QED) is 0.720. The van der Waals surface area contributed by atoms with Gasteiger partial charge in [-0.15, -0.1) is 0 Å². The van der Waals surface area contributed by atoms with Crippen molar-refractivity contribution >= 4 is 11.8 Å². The molecule has 0 bridgehead atoms. The van der Waals surface area contributed by atoms with Gasteiger partial charge in [0.1, 0.15) is 0 Å². The van der Waals surface area contributed by atoms with Gasteiger partial charge in [0, 0.05) is 5.69 Å². The van der Waals surface area contributed by atoms with E-state index in [9.17, 15) is 0 Å². The molecule has 1 aromatic rings. The molecule has 0 aliphatic carbocycles. The van der Waals surface area contributed by atoms with Crippen LogP contribution in [0.15, 0.2) is 23.8 Å². The van der Waals surface area contributed by atoms with E-state index in [1.165, 1.54) is 5.56 Å². The third-order valence-corrected chi connectivity index (χ3v) is 2.21. The van der Waals surface area contributed by atoms with E-state index in [4.69, 9.17) is 10.8 Å². The number of nitrogen functional groups attached to an aromatic ring is 1. The second kappa shape index (κ2) is 4.82. The fourth-order valence-electron chi connectivity index (χ4n) is 1.29. The molecule has 76 valence electrons. The highest BCUT2D eigenvalue weighted by Crippen LogP contribution is 2.17. The number of rotatable bonds is 3. The number of nitrogens with two attached hydrogens (primary N) is 1. The van der Waals surface area contributed by atoms with E-state index >= 15 is 0 Å². The Kier molecular flexibility index (Phi) is 3.72. The molecule has 1 rings (SSSR count). The van der Waals surface area contributed by atoms with Gasteiger partial charge in [0.25, 0.3) is 0 Å². The van der Waals surface area contributed by atoms with Crippen molar-refractivity contribution in [3.05, 3.63) is 34.9 Å². The molecular weight excluding hydrogens is 174 g/mol. The lowest BCUT2D eigenvalue weighted by molar-refractivity contribution is 0.332. The largest absolute Gasteiger partial charge is 0.398 e. The summed E-state index contributed by atoms with van der Waals surface area (Å²) in [4.78, 5) is 0. The van der Waals surface area contributed by atoms with Gasteiger partial charge in [-0.1, -0.05) is 25.1 Å². The molecule has 0 unspecified atom stereocenters. The molecule has 0 heterocycles. The van der Waals surface area contributed by atoms with E-state index in [0.717, 1.165) is 23.2 Å². The lowest BCUT2D eigenvalue weighted by Gasteiger charge is -2.04. The van der Waals surface area contributed by atoms with Gasteiger partial charge in [0.2, 0.25) is 0 Å². The van der Waals surface area contributed by atoms with Gasteiger partial charge >= 0.3 is 0 Å². The Bertz CT molecular complexity index is 342. The third-order valence-electron chi connectivity index (χ3n) is 2.21. The average Bonchev–Trinajstić information content (AvgIpc) is 2.20. The minimum absolute atomic E-state index is 0.0783. The van der Waals surface area contributed by atoms with E-state index < -0.39 is 0 Å². The van der Waals surface area contributed by atoms with Crippen molar-refractivity contribution in [1.82, 2.24) is 0 Å². The monoisotopic (exact) mass is 191 g/mol. The Morgan fingerprint density at radius 1 is 1.50 bits per heavy atom. The van der Waals surface area contributed by atoms with Crippen molar-refractivity contribution in [2.75, 3.05) is 12.3 Å². The summed E-state index contributed by atoms with van der Waals surface area (Å²) in [5.74, 6) is 0. The number of aliphatic hydroxyl groups excluding tert-OH is 1. The van der Waals surface area contributed by atoms with Crippen LogP contribution < -0.4 is 5.73 Å². The Morgan fingerprint density at radius 2 is 2.21 bits per heavy atom. The van der Waals surface area contributed by atoms with Crippen LogP contribution in [0.5, 0.6) is 0 Å². The van der Waals surface area contributed by atoms with Gasteiger partial charge in [-0.25, -0.2) is 0 Å². The van der Waals surface area contributed by atoms with Crippen molar-refractivity contribution in [3.8, 4) is 0 Å². The maximum absolute atomic E-state index is 8.88. The SMILES string of the molecule is CCc1ccc(/C=C(\C)CO)c(N)c1. The van der Waals surface area contributed by atoms with Gasteiger partial charge in [-0.05, 0) is 36.1 Å². The molecule has 3 N–H and O–H groups in total. The number of hydrogen-bond acceptors (Lipinski definition) is 2. The molecule has 0 atom stereocenters. The Morgan fingerprint density at radius 3 is 2.71 bits per heavy atom. The first kappa shape index (κ1) is 10.8. The lowest BCUT2D eigenvalue weighted by atomic mass is 10.1. The summed E-state index contributed by atoms with van der Waals surface area (Å²) >= 11 is 0. The summed E-state index contributed by atoms with van der Waals surface area (Å²) in [5, 5.41) is 8.88. The minimum atomic E-state index is 0.0783. The topological polar surface area (TPSA) is 46.2 Å². The Labute approximate surface area is 85.1 Å². The van der Waals surface area contributed by atoms with Gasteiger partial charge in [-0.2, -0.15) is 0 Å². The molecule has 2 heteroatoms. The zero-order valence-electron chi connectivity index (χ0n) is 8.75. The van der Waals surface area contributed by atoms with E-state index in [1.54, 1.807) is 0 Å². The van der Waals surface area contributed by atoms with Crippen LogP contribution in [0.3, 0.4) is 0 Å². The first-order valence-corrected chi connectivity index (χ1v) is 4.83. The predicted octanol–water partition coefficient (Wildman–Crippen LogP) is 2.23. The number of anilines is 1. The second-order valence-corrected chi connectivity index (χ2v) is 3.47. The fourth-order valence-corrected chi connectivity index (χ4v) is 1.29. The van der Waals surface area contributed by atoms with Crippen molar-refractivity contribution in [2.45, 2.75) is 20.3 Å². The van der Waals surface area contributed by atoms with E-state index in [0.29, 0.717) is 0 Å². The van der Waals surface area contributed by atoms with Crippen LogP contribution in [0.4, 0.5) is 5.69 Å². The molecule has 0 spiro atoms. The van der Waals surface area contributed by atoms with Gasteiger partial charge < -0.3 is 10.8 Å². The average molecular weight is 191 g/mol. The molecule has 0 aliphatic rings. The van der Waals surface area contributed by atoms with E-state index in [1.807, 2.05) is 25.1 Å². The molecule has 0 fully saturated rings. The van der Waals surface area contributed by atoms with Gasteiger partial charge in [-0.3, -0.25) is 0 Å². The van der Waals surface area contributed by atoms with Crippen LogP contribution in [-0.2, 0) is 6.42 Å². The second-order valence-electron chi connectivity index (χ2n) is 3.47. The van der Waals surface area contributed by atoms with Crippen LogP contribution in [0.2, 0.25) is 0 Å². The first-order chi connectivity index (χ1) is 6.67. The number of hydrogen-bond donors (Lipinski definition) is 2. The van der Waals surface area contributed by atoms with Crippen LogP contribution in [0.25, 0.3) is 6.08 Å². The fraction of sp³-hybridized carbons (Fsp3) is 0.333. The van der Waals surface area contributed by atoms with Crippen LogP contribution in [0.1, 0.15) is 25.0 Å². The molecule has 2 nitrogen and oxygen atoms in total. The molecule has 0 radical (unpaired) electrons. The molecule has 0 amide bonds. The molecule has 0 aromatic heterocycles. The van der Waals surface area contributed by atoms with E-state index in [-0.39, 0.29) is 6.61 Å². The number of aryl methyl sites for hydroxylation is 1. The highest BCUT2D eigenvalue weighted by Gasteiger charge is 1.97. The van der Waals surface area contributed by atoms with Gasteiger partial charge in [0.05, 0.1) is 6.61 Å². The number of aliphatic hydroxyl groups is 1. The summed E-state index contributed by atoms with van der Waals surface area (Å²) in [7, 11) is 0. The normalized spacial score (nSPS) is 11.8. The van der Waals surface area contributed by atoms with Crippen LogP contribution >= 0.6 is 0 Å². The number of benzene rings is 1. The summed E-state index contributed by atoms with van der Waals surface area (Å²) < 4.78 is 0. The minimum Gasteiger partial charge on any atom is -0.398 e. The summed E-state index contributed by atoms with van der Waals surface area (Å²) in [5.41, 5.74) is 9.78. The van der Waals surface area contributed by atoms with Crippen molar-refractivity contribution in [1.29, 1.82) is 0 Å². The summed E-state index contributed by atoms with van der Waals surface area (Å²) in [6.45, 7) is 4.06. The zero-order chi connectivity index (χ0) is 10.6. The van der Waals surface area contributed by atoms with E-state index in [2.05, 4.69) is 13.0 Å². The zero-order valence-corrected chi connectivity index (χ0v) is 8.75. The predicted molar refractivity (Wildman–Crippen MR) is 61.0 cm³/mol. The van der Waals surface area contributed by atoms with Gasteiger partial charge in [0.15, 0.2) is 0 Å². The molecule has 0 aliphatic heterocycles. The van der Waals surface area contributed by atoms with Crippen LogP contribution in [0, 0.1) is 0 Å². The highest BCUT2D eigenvalue weighted by molar-refractivity contribution is 5.66. The highest BCUT2D eigenvalue weighted by atomic mass is 16.3. The molecule has 1 aromatic carbocycles. The third kappa shape index (κ3) is 2.60. The summed E-state index contributed by atoms with van der Waals surface area (Å²) in [6, 6.07) is 6.04. The van der Waals surface area contributed by atoms with Crippen LogP contribution in [-0.4, -0.2) is 11.7 Å². The lowest BCUT2D eigenvalue weighted by Crippen LogP contribution is -1.93.